The summed E-state index contributed by atoms with van der Waals surface area (Å²) in [7, 11) is 0. The zero-order valence-electron chi connectivity index (χ0n) is 8.24. The third-order valence-corrected chi connectivity index (χ3v) is 2.95. The second-order valence-electron chi connectivity index (χ2n) is 3.16. The Morgan fingerprint density at radius 3 is 2.81 bits per heavy atom. The van der Waals surface area contributed by atoms with Gasteiger partial charge in [-0.1, -0.05) is 18.3 Å². The predicted molar refractivity (Wildman–Crippen MR) is 69.9 cm³/mol. The SMILES string of the molecule is NC(=S)c1c(F)cccc1Nc1ccsc1. The van der Waals surface area contributed by atoms with E-state index < -0.39 is 5.82 Å². The summed E-state index contributed by atoms with van der Waals surface area (Å²) in [5.41, 5.74) is 7.24. The molecule has 1 heterocycles. The fourth-order valence-corrected chi connectivity index (χ4v) is 2.17. The maximum absolute atomic E-state index is 13.5. The summed E-state index contributed by atoms with van der Waals surface area (Å²) in [4.78, 5) is 0.0517. The van der Waals surface area contributed by atoms with Gasteiger partial charge in [0.2, 0.25) is 0 Å². The standard InChI is InChI=1S/C11H9FN2S2/c12-8-2-1-3-9(10(8)11(13)15)14-7-4-5-16-6-7/h1-6,14H,(H2,13,15). The number of anilines is 2. The normalized spacial score (nSPS) is 10.1. The molecule has 0 bridgehead atoms. The van der Waals surface area contributed by atoms with Crippen LogP contribution in [0.2, 0.25) is 0 Å². The molecule has 0 amide bonds. The number of thiophene rings is 1. The molecule has 0 spiro atoms. The summed E-state index contributed by atoms with van der Waals surface area (Å²) >= 11 is 6.39. The Morgan fingerprint density at radius 1 is 1.38 bits per heavy atom. The van der Waals surface area contributed by atoms with Gasteiger partial charge in [0, 0.05) is 11.1 Å². The van der Waals surface area contributed by atoms with E-state index in [4.69, 9.17) is 18.0 Å². The number of nitrogens with one attached hydrogen (secondary N) is 1. The van der Waals surface area contributed by atoms with Gasteiger partial charge in [-0.15, -0.1) is 0 Å². The summed E-state index contributed by atoms with van der Waals surface area (Å²) in [5, 5.41) is 6.94. The van der Waals surface area contributed by atoms with Crippen molar-refractivity contribution >= 4 is 39.9 Å². The Bertz CT molecular complexity index is 509. The van der Waals surface area contributed by atoms with Crippen LogP contribution in [-0.2, 0) is 0 Å². The van der Waals surface area contributed by atoms with Crippen LogP contribution >= 0.6 is 23.6 Å². The van der Waals surface area contributed by atoms with Gasteiger partial charge < -0.3 is 11.1 Å². The molecule has 0 unspecified atom stereocenters. The Labute approximate surface area is 102 Å². The lowest BCUT2D eigenvalue weighted by atomic mass is 10.1. The Morgan fingerprint density at radius 2 is 2.19 bits per heavy atom. The van der Waals surface area contributed by atoms with Gasteiger partial charge >= 0.3 is 0 Å². The molecule has 0 saturated heterocycles. The lowest BCUT2D eigenvalue weighted by molar-refractivity contribution is 0.626. The topological polar surface area (TPSA) is 38.0 Å². The monoisotopic (exact) mass is 252 g/mol. The van der Waals surface area contributed by atoms with Gasteiger partial charge in [0.05, 0.1) is 11.3 Å². The second-order valence-corrected chi connectivity index (χ2v) is 4.38. The minimum Gasteiger partial charge on any atom is -0.389 e. The van der Waals surface area contributed by atoms with Crippen LogP contribution in [-0.4, -0.2) is 4.99 Å². The zero-order valence-corrected chi connectivity index (χ0v) is 9.87. The molecule has 3 N–H and O–H groups in total. The third kappa shape index (κ3) is 2.20. The van der Waals surface area contributed by atoms with Crippen LogP contribution in [0.1, 0.15) is 5.56 Å². The number of thiocarbonyl (C=S) groups is 1. The predicted octanol–water partition coefficient (Wildman–Crippen LogP) is 3.27. The van der Waals surface area contributed by atoms with Crippen molar-refractivity contribution in [3.63, 3.8) is 0 Å². The smallest absolute Gasteiger partial charge is 0.135 e. The van der Waals surface area contributed by atoms with E-state index in [-0.39, 0.29) is 10.6 Å². The Kier molecular flexibility index (Phi) is 3.17. The number of nitrogens with two attached hydrogens (primary N) is 1. The fraction of sp³-hybridized carbons (Fsp3) is 0. The first-order valence-electron chi connectivity index (χ1n) is 4.56. The van der Waals surface area contributed by atoms with Gasteiger partial charge in [-0.05, 0) is 23.6 Å². The van der Waals surface area contributed by atoms with Gasteiger partial charge in [0.1, 0.15) is 10.8 Å². The summed E-state index contributed by atoms with van der Waals surface area (Å²) in [6, 6.07) is 6.60. The molecule has 5 heteroatoms. The van der Waals surface area contributed by atoms with Crippen molar-refractivity contribution < 1.29 is 4.39 Å². The van der Waals surface area contributed by atoms with Crippen molar-refractivity contribution in [2.45, 2.75) is 0 Å². The number of hydrogen-bond donors (Lipinski definition) is 2. The van der Waals surface area contributed by atoms with Crippen LogP contribution in [0.5, 0.6) is 0 Å². The molecular weight excluding hydrogens is 243 g/mol. The van der Waals surface area contributed by atoms with E-state index in [0.717, 1.165) is 5.69 Å². The van der Waals surface area contributed by atoms with Gasteiger partial charge in [-0.25, -0.2) is 4.39 Å². The van der Waals surface area contributed by atoms with Gasteiger partial charge in [0.25, 0.3) is 0 Å². The van der Waals surface area contributed by atoms with E-state index in [1.54, 1.807) is 23.5 Å². The van der Waals surface area contributed by atoms with E-state index in [9.17, 15) is 4.39 Å². The number of halogens is 1. The number of hydrogen-bond acceptors (Lipinski definition) is 3. The molecule has 0 aliphatic heterocycles. The van der Waals surface area contributed by atoms with Crippen molar-refractivity contribution in [1.29, 1.82) is 0 Å². The van der Waals surface area contributed by atoms with E-state index in [0.29, 0.717) is 5.69 Å². The molecule has 0 atom stereocenters. The molecule has 0 aliphatic rings. The van der Waals surface area contributed by atoms with Crippen molar-refractivity contribution in [2.75, 3.05) is 5.32 Å². The maximum Gasteiger partial charge on any atom is 0.135 e. The van der Waals surface area contributed by atoms with Crippen molar-refractivity contribution in [3.05, 3.63) is 46.4 Å². The molecule has 1 aromatic carbocycles. The highest BCUT2D eigenvalue weighted by molar-refractivity contribution is 7.80. The fourth-order valence-electron chi connectivity index (χ4n) is 1.37. The molecule has 2 aromatic rings. The molecule has 16 heavy (non-hydrogen) atoms. The van der Waals surface area contributed by atoms with E-state index in [2.05, 4.69) is 5.32 Å². The highest BCUT2D eigenvalue weighted by Gasteiger charge is 2.10. The lowest BCUT2D eigenvalue weighted by Gasteiger charge is -2.10. The van der Waals surface area contributed by atoms with Gasteiger partial charge in [-0.3, -0.25) is 0 Å². The number of rotatable bonds is 3. The van der Waals surface area contributed by atoms with E-state index in [1.165, 1.54) is 6.07 Å². The summed E-state index contributed by atoms with van der Waals surface area (Å²) < 4.78 is 13.5. The Hall–Kier alpha value is -1.46. The maximum atomic E-state index is 13.5. The molecule has 0 saturated carbocycles. The van der Waals surface area contributed by atoms with E-state index in [1.807, 2.05) is 16.8 Å². The van der Waals surface area contributed by atoms with Gasteiger partial charge in [-0.2, -0.15) is 11.3 Å². The number of benzene rings is 1. The largest absolute Gasteiger partial charge is 0.389 e. The zero-order chi connectivity index (χ0) is 11.5. The van der Waals surface area contributed by atoms with Crippen LogP contribution in [0.15, 0.2) is 35.0 Å². The Balaban J connectivity index is 2.40. The van der Waals surface area contributed by atoms with Crippen LogP contribution < -0.4 is 11.1 Å². The molecular formula is C11H9FN2S2. The first-order valence-corrected chi connectivity index (χ1v) is 5.91. The van der Waals surface area contributed by atoms with Crippen molar-refractivity contribution in [3.8, 4) is 0 Å². The van der Waals surface area contributed by atoms with Crippen molar-refractivity contribution in [1.82, 2.24) is 0 Å². The van der Waals surface area contributed by atoms with Gasteiger partial charge in [0.15, 0.2) is 0 Å². The minimum atomic E-state index is -0.410. The highest BCUT2D eigenvalue weighted by atomic mass is 32.1. The van der Waals surface area contributed by atoms with Crippen LogP contribution in [0.4, 0.5) is 15.8 Å². The first kappa shape index (κ1) is 11.0. The second kappa shape index (κ2) is 4.59. The van der Waals surface area contributed by atoms with Crippen LogP contribution in [0.25, 0.3) is 0 Å². The summed E-state index contributed by atoms with van der Waals surface area (Å²) in [6.45, 7) is 0. The highest BCUT2D eigenvalue weighted by Crippen LogP contribution is 2.24. The van der Waals surface area contributed by atoms with E-state index >= 15 is 0 Å². The minimum absolute atomic E-state index is 0.0517. The quantitative estimate of drug-likeness (QED) is 0.823. The molecule has 0 aliphatic carbocycles. The molecule has 2 rings (SSSR count). The molecule has 0 fully saturated rings. The van der Waals surface area contributed by atoms with Crippen LogP contribution in [0.3, 0.4) is 0 Å². The molecule has 82 valence electrons. The van der Waals surface area contributed by atoms with Crippen LogP contribution in [0, 0.1) is 5.82 Å². The average molecular weight is 252 g/mol. The molecule has 1 aromatic heterocycles. The third-order valence-electron chi connectivity index (χ3n) is 2.06. The summed E-state index contributed by atoms with van der Waals surface area (Å²) in [5.74, 6) is -0.410. The molecule has 0 radical (unpaired) electrons. The lowest BCUT2D eigenvalue weighted by Crippen LogP contribution is -2.14. The van der Waals surface area contributed by atoms with Crippen molar-refractivity contribution in [2.24, 2.45) is 5.73 Å². The molecule has 2 nitrogen and oxygen atoms in total. The average Bonchev–Trinajstić information content (AvgIpc) is 2.70. The summed E-state index contributed by atoms with van der Waals surface area (Å²) in [6.07, 6.45) is 0. The first-order chi connectivity index (χ1) is 7.68.